The molecule has 3 rings (SSSR count). The molecule has 0 aliphatic heterocycles. The molecule has 0 fully saturated rings. The second-order valence-electron chi connectivity index (χ2n) is 8.89. The summed E-state index contributed by atoms with van der Waals surface area (Å²) in [7, 11) is 0. The third-order valence-corrected chi connectivity index (χ3v) is 6.62. The summed E-state index contributed by atoms with van der Waals surface area (Å²) in [5.74, 6) is -0.872. The summed E-state index contributed by atoms with van der Waals surface area (Å²) in [6, 6.07) is 2.40. The van der Waals surface area contributed by atoms with E-state index in [0.29, 0.717) is 41.7 Å². The van der Waals surface area contributed by atoms with E-state index < -0.39 is 40.3 Å². The fraction of sp³-hybridized carbons (Fsp3) is 0.333. The minimum atomic E-state index is -5.03. The summed E-state index contributed by atoms with van der Waals surface area (Å²) in [5, 5.41) is 0. The molecular weight excluding hydrogens is 457 g/mol. The Kier molecular flexibility index (Phi) is 6.64. The van der Waals surface area contributed by atoms with E-state index >= 15 is 4.39 Å². The first-order chi connectivity index (χ1) is 15.6. The molecule has 2 aromatic carbocycles. The van der Waals surface area contributed by atoms with Crippen molar-refractivity contribution in [1.29, 1.82) is 0 Å². The zero-order valence-electron chi connectivity index (χ0n) is 19.3. The van der Waals surface area contributed by atoms with Gasteiger partial charge in [0.1, 0.15) is 5.82 Å². The Balaban J connectivity index is 2.39. The molecule has 0 amide bonds. The summed E-state index contributed by atoms with van der Waals surface area (Å²) in [6.07, 6.45) is -3.25. The number of allylic oxidation sites excluding steroid dienone is 5. The highest BCUT2D eigenvalue weighted by Gasteiger charge is 2.38. The Hall–Kier alpha value is -2.83. The van der Waals surface area contributed by atoms with Crippen LogP contribution >= 0.6 is 0 Å². The Morgan fingerprint density at radius 3 is 1.97 bits per heavy atom. The molecule has 34 heavy (non-hydrogen) atoms. The Morgan fingerprint density at radius 2 is 1.50 bits per heavy atom. The van der Waals surface area contributed by atoms with Crippen LogP contribution in [0, 0.1) is 12.7 Å². The van der Waals surface area contributed by atoms with Crippen LogP contribution in [0.2, 0.25) is 0 Å². The first-order valence-electron chi connectivity index (χ1n) is 10.8. The lowest BCUT2D eigenvalue weighted by atomic mass is 9.69. The van der Waals surface area contributed by atoms with E-state index in [1.807, 2.05) is 32.9 Å². The van der Waals surface area contributed by atoms with Crippen LogP contribution in [0.1, 0.15) is 61.4 Å². The maximum atomic E-state index is 15.6. The average molecular weight is 482 g/mol. The molecule has 0 bridgehead atoms. The standard InChI is InChI=1S/C27H25F7/c1-6-17-9-8-15(3)23-16(4)24(22(28)13-21(23)25(5,7-2)14-17)18-10-19(26(29,30)31)12-20(11-18)27(32,33)34/h6,8-13H,3,7,14H2,1-2,4-5H3/b9-8-,17-6+. The highest BCUT2D eigenvalue weighted by molar-refractivity contribution is 5.84. The van der Waals surface area contributed by atoms with Crippen LogP contribution in [0.5, 0.6) is 0 Å². The van der Waals surface area contributed by atoms with Crippen molar-refractivity contribution in [2.24, 2.45) is 0 Å². The van der Waals surface area contributed by atoms with Gasteiger partial charge in [0.25, 0.3) is 0 Å². The molecule has 1 aliphatic rings. The number of hydrogen-bond acceptors (Lipinski definition) is 0. The highest BCUT2D eigenvalue weighted by atomic mass is 19.4. The Morgan fingerprint density at radius 1 is 0.941 bits per heavy atom. The molecule has 0 radical (unpaired) electrons. The van der Waals surface area contributed by atoms with Gasteiger partial charge in [-0.3, -0.25) is 0 Å². The van der Waals surface area contributed by atoms with Gasteiger partial charge in [-0.2, -0.15) is 26.3 Å². The van der Waals surface area contributed by atoms with Crippen molar-refractivity contribution < 1.29 is 30.7 Å². The van der Waals surface area contributed by atoms with Crippen LogP contribution in [0.15, 0.2) is 54.6 Å². The van der Waals surface area contributed by atoms with Gasteiger partial charge >= 0.3 is 12.4 Å². The number of hydrogen-bond donors (Lipinski definition) is 0. The molecule has 0 spiro atoms. The Labute approximate surface area is 194 Å². The fourth-order valence-corrected chi connectivity index (χ4v) is 4.53. The predicted octanol–water partition coefficient (Wildman–Crippen LogP) is 9.43. The highest BCUT2D eigenvalue weighted by Crippen LogP contribution is 2.46. The van der Waals surface area contributed by atoms with Gasteiger partial charge in [0.05, 0.1) is 11.1 Å². The number of fused-ring (bicyclic) bond motifs is 1. The molecule has 0 saturated heterocycles. The van der Waals surface area contributed by atoms with Crippen molar-refractivity contribution in [3.63, 3.8) is 0 Å². The quantitative estimate of drug-likeness (QED) is 0.374. The largest absolute Gasteiger partial charge is 0.416 e. The summed E-state index contributed by atoms with van der Waals surface area (Å²) in [5.41, 5.74) is -1.32. The third kappa shape index (κ3) is 4.70. The molecule has 1 aliphatic carbocycles. The van der Waals surface area contributed by atoms with Crippen LogP contribution in [-0.4, -0.2) is 0 Å². The van der Waals surface area contributed by atoms with E-state index in [4.69, 9.17) is 0 Å². The minimum absolute atomic E-state index is 0.0405. The van der Waals surface area contributed by atoms with Crippen molar-refractivity contribution >= 4 is 5.57 Å². The lowest BCUT2D eigenvalue weighted by Gasteiger charge is -2.35. The molecule has 0 aromatic heterocycles. The molecule has 0 heterocycles. The van der Waals surface area contributed by atoms with Crippen molar-refractivity contribution in [2.45, 2.75) is 58.3 Å². The topological polar surface area (TPSA) is 0 Å². The summed E-state index contributed by atoms with van der Waals surface area (Å²) in [4.78, 5) is 0. The molecule has 182 valence electrons. The molecule has 1 atom stereocenters. The minimum Gasteiger partial charge on any atom is -0.206 e. The van der Waals surface area contributed by atoms with Gasteiger partial charge in [0.2, 0.25) is 0 Å². The van der Waals surface area contributed by atoms with E-state index in [-0.39, 0.29) is 17.2 Å². The third-order valence-electron chi connectivity index (χ3n) is 6.62. The average Bonchev–Trinajstić information content (AvgIpc) is 2.73. The van der Waals surface area contributed by atoms with Crippen molar-refractivity contribution in [1.82, 2.24) is 0 Å². The molecule has 0 nitrogen and oxygen atoms in total. The molecule has 0 saturated carbocycles. The number of rotatable bonds is 2. The molecule has 0 N–H and O–H groups in total. The maximum Gasteiger partial charge on any atom is 0.416 e. The zero-order valence-corrected chi connectivity index (χ0v) is 19.3. The maximum absolute atomic E-state index is 15.6. The summed E-state index contributed by atoms with van der Waals surface area (Å²) < 4.78 is 96.1. The van der Waals surface area contributed by atoms with Crippen molar-refractivity contribution in [2.75, 3.05) is 0 Å². The van der Waals surface area contributed by atoms with Gasteiger partial charge < -0.3 is 0 Å². The van der Waals surface area contributed by atoms with Gasteiger partial charge in [0, 0.05) is 5.56 Å². The smallest absolute Gasteiger partial charge is 0.206 e. The first-order valence-corrected chi connectivity index (χ1v) is 10.8. The van der Waals surface area contributed by atoms with Crippen LogP contribution in [0.3, 0.4) is 0 Å². The molecule has 2 aromatic rings. The number of alkyl halides is 6. The van der Waals surface area contributed by atoms with Crippen LogP contribution in [0.4, 0.5) is 30.7 Å². The lowest BCUT2D eigenvalue weighted by Crippen LogP contribution is -2.25. The monoisotopic (exact) mass is 482 g/mol. The molecular formula is C27H25F7. The molecule has 1 unspecified atom stereocenters. The van der Waals surface area contributed by atoms with Gasteiger partial charge in [0.15, 0.2) is 0 Å². The van der Waals surface area contributed by atoms with E-state index in [1.165, 1.54) is 13.0 Å². The zero-order chi connectivity index (χ0) is 25.6. The van der Waals surface area contributed by atoms with Crippen LogP contribution in [0.25, 0.3) is 16.7 Å². The van der Waals surface area contributed by atoms with Crippen LogP contribution in [-0.2, 0) is 17.8 Å². The lowest BCUT2D eigenvalue weighted by molar-refractivity contribution is -0.143. The summed E-state index contributed by atoms with van der Waals surface area (Å²) >= 11 is 0. The molecule has 7 heteroatoms. The van der Waals surface area contributed by atoms with Crippen LogP contribution < -0.4 is 0 Å². The van der Waals surface area contributed by atoms with Crippen molar-refractivity contribution in [3.05, 3.63) is 88.3 Å². The van der Waals surface area contributed by atoms with E-state index in [1.54, 1.807) is 6.08 Å². The van der Waals surface area contributed by atoms with E-state index in [2.05, 4.69) is 6.58 Å². The number of halogens is 7. The van der Waals surface area contributed by atoms with Gasteiger partial charge in [-0.25, -0.2) is 4.39 Å². The van der Waals surface area contributed by atoms with Gasteiger partial charge in [-0.1, -0.05) is 44.2 Å². The van der Waals surface area contributed by atoms with Gasteiger partial charge in [-0.15, -0.1) is 0 Å². The first kappa shape index (κ1) is 25.8. The SMILES string of the molecule is C=C1/C=C\C(=C/C)CC(C)(CC)c2cc(F)c(-c3cc(C(F)(F)F)cc(C(F)(F)F)c3)c(C)c21. The number of benzene rings is 2. The van der Waals surface area contributed by atoms with Crippen molar-refractivity contribution in [3.8, 4) is 11.1 Å². The second-order valence-corrected chi connectivity index (χ2v) is 8.89. The van der Waals surface area contributed by atoms with E-state index in [0.717, 1.165) is 5.57 Å². The Bertz CT molecular complexity index is 1160. The normalized spacial score (nSPS) is 21.3. The van der Waals surface area contributed by atoms with E-state index in [9.17, 15) is 26.3 Å². The second kappa shape index (κ2) is 8.75. The fourth-order valence-electron chi connectivity index (χ4n) is 4.53. The van der Waals surface area contributed by atoms with Gasteiger partial charge in [-0.05, 0) is 84.2 Å². The predicted molar refractivity (Wildman–Crippen MR) is 121 cm³/mol. The summed E-state index contributed by atoms with van der Waals surface area (Å²) in [6.45, 7) is 11.4.